The van der Waals surface area contributed by atoms with Crippen LogP contribution in [-0.4, -0.2) is 85.9 Å². The fourth-order valence-corrected chi connectivity index (χ4v) is 4.92. The molecule has 2 aliphatic rings. The lowest BCUT2D eigenvalue weighted by atomic mass is 9.99. The van der Waals surface area contributed by atoms with Gasteiger partial charge in [-0.2, -0.15) is 18.4 Å². The Kier molecular flexibility index (Phi) is 16.1. The first kappa shape index (κ1) is 40.6. The molecule has 258 valence electrons. The summed E-state index contributed by atoms with van der Waals surface area (Å²) in [5.74, 6) is 2.31. The molecule has 1 aliphatic carbocycles. The molecule has 0 aromatic carbocycles. The number of carbonyl (C=O) groups excluding carboxylic acids is 3. The highest BCUT2D eigenvalue weighted by molar-refractivity contribution is 5.92. The van der Waals surface area contributed by atoms with E-state index in [9.17, 15) is 28.0 Å². The van der Waals surface area contributed by atoms with Crippen LogP contribution in [0.4, 0.5) is 13.2 Å². The number of hydrogen-bond acceptors (Lipinski definition) is 9. The molecule has 3 amide bonds. The molecule has 15 heteroatoms. The van der Waals surface area contributed by atoms with E-state index in [1.54, 1.807) is 26.6 Å². The van der Waals surface area contributed by atoms with Gasteiger partial charge < -0.3 is 30.2 Å². The number of nitrogens with two attached hydrogens (primary N) is 1. The fourth-order valence-electron chi connectivity index (χ4n) is 4.92. The normalized spacial score (nSPS) is 18.1. The van der Waals surface area contributed by atoms with Crippen LogP contribution in [0.5, 0.6) is 5.88 Å². The minimum atomic E-state index is -4.86. The summed E-state index contributed by atoms with van der Waals surface area (Å²) >= 11 is 0. The molecular weight excluding hydrogens is 621 g/mol. The number of nitrogens with one attached hydrogen (secondary N) is 1. The molecule has 2 aromatic rings. The van der Waals surface area contributed by atoms with Crippen molar-refractivity contribution < 1.29 is 41.8 Å². The van der Waals surface area contributed by atoms with Gasteiger partial charge >= 0.3 is 12.1 Å². The number of terminal acetylenes is 1. The summed E-state index contributed by atoms with van der Waals surface area (Å²) in [6, 6.07) is 1.13. The second-order valence-corrected chi connectivity index (χ2v) is 10.9. The van der Waals surface area contributed by atoms with Crippen LogP contribution in [0.15, 0.2) is 18.6 Å². The molecule has 47 heavy (non-hydrogen) atoms. The van der Waals surface area contributed by atoms with Gasteiger partial charge in [0.25, 0.3) is 0 Å². The van der Waals surface area contributed by atoms with E-state index in [0.717, 1.165) is 24.9 Å². The molecule has 1 saturated carbocycles. The summed E-state index contributed by atoms with van der Waals surface area (Å²) in [7, 11) is 3.22. The monoisotopic (exact) mass is 664 g/mol. The van der Waals surface area contributed by atoms with E-state index >= 15 is 0 Å². The number of amides is 3. The first-order chi connectivity index (χ1) is 22.2. The van der Waals surface area contributed by atoms with Gasteiger partial charge in [-0.25, -0.2) is 4.98 Å². The Labute approximate surface area is 273 Å². The number of aromatic nitrogens is 2. The topological polar surface area (TPSA) is 170 Å². The number of nitrogens with zero attached hydrogens (tertiary/aromatic N) is 4. The Morgan fingerprint density at radius 2 is 1.81 bits per heavy atom. The average Bonchev–Trinajstić information content (AvgIpc) is 3.34. The van der Waals surface area contributed by atoms with E-state index < -0.39 is 18.1 Å². The Hall–Kier alpha value is -4.47. The van der Waals surface area contributed by atoms with Crippen LogP contribution in [0.2, 0.25) is 0 Å². The number of methoxy groups -OCH3 is 2. The van der Waals surface area contributed by atoms with Crippen LogP contribution in [-0.2, 0) is 23.9 Å². The molecule has 12 nitrogen and oxygen atoms in total. The number of hydrogen-bond donors (Lipinski definition) is 2. The second kappa shape index (κ2) is 18.6. The number of primary amides is 1. The van der Waals surface area contributed by atoms with E-state index in [1.165, 1.54) is 6.20 Å². The van der Waals surface area contributed by atoms with E-state index in [2.05, 4.69) is 40.8 Å². The Morgan fingerprint density at radius 3 is 2.28 bits per heavy atom. The third kappa shape index (κ3) is 11.1. The Morgan fingerprint density at radius 1 is 1.21 bits per heavy atom. The highest BCUT2D eigenvalue weighted by Gasteiger charge is 2.62. The Balaban J connectivity index is 0.000000393. The lowest BCUT2D eigenvalue weighted by molar-refractivity contribution is -0.169. The van der Waals surface area contributed by atoms with E-state index in [1.807, 2.05) is 31.7 Å². The summed E-state index contributed by atoms with van der Waals surface area (Å²) in [5.41, 5.74) is 5.19. The summed E-state index contributed by atoms with van der Waals surface area (Å²) in [5, 5.41) is 13.0. The lowest BCUT2D eigenvalue weighted by Gasteiger charge is -2.23. The number of rotatable bonds is 10. The fraction of sp³-hybridized carbons (Fsp3) is 0.562. The van der Waals surface area contributed by atoms with Crippen molar-refractivity contribution in [1.29, 1.82) is 5.26 Å². The maximum atomic E-state index is 11.8. The van der Waals surface area contributed by atoms with Gasteiger partial charge in [0.1, 0.15) is 12.6 Å². The van der Waals surface area contributed by atoms with Crippen LogP contribution >= 0.6 is 0 Å². The highest BCUT2D eigenvalue weighted by atomic mass is 19.4. The molecule has 0 spiro atoms. The van der Waals surface area contributed by atoms with Crippen LogP contribution in [0.25, 0.3) is 10.8 Å². The van der Waals surface area contributed by atoms with Crippen molar-refractivity contribution in [1.82, 2.24) is 20.2 Å². The number of pyridine rings is 2. The van der Waals surface area contributed by atoms with E-state index in [-0.39, 0.29) is 17.9 Å². The summed E-state index contributed by atoms with van der Waals surface area (Å²) < 4.78 is 47.7. The number of likely N-dealkylation sites (tertiary alicyclic amines) is 1. The third-order valence-corrected chi connectivity index (χ3v) is 7.75. The number of halogens is 3. The van der Waals surface area contributed by atoms with Gasteiger partial charge in [0.15, 0.2) is 0 Å². The first-order valence-corrected chi connectivity index (χ1v) is 14.8. The van der Waals surface area contributed by atoms with Gasteiger partial charge in [-0.05, 0) is 24.2 Å². The maximum absolute atomic E-state index is 11.8. The van der Waals surface area contributed by atoms with Crippen molar-refractivity contribution in [3.05, 3.63) is 29.7 Å². The Bertz CT molecular complexity index is 1430. The second-order valence-electron chi connectivity index (χ2n) is 10.9. The van der Waals surface area contributed by atoms with Crippen LogP contribution < -0.4 is 15.8 Å². The quantitative estimate of drug-likeness (QED) is 0.219. The largest absolute Gasteiger partial charge is 0.474 e. The van der Waals surface area contributed by atoms with Crippen molar-refractivity contribution in [2.75, 3.05) is 40.5 Å². The molecule has 2 unspecified atom stereocenters. The van der Waals surface area contributed by atoms with Gasteiger partial charge in [-0.1, -0.05) is 33.6 Å². The number of ether oxygens (including phenoxy) is 3. The predicted octanol–water partition coefficient (Wildman–Crippen LogP) is 3.53. The van der Waals surface area contributed by atoms with Crippen molar-refractivity contribution in [2.24, 2.45) is 23.0 Å². The molecule has 4 atom stereocenters. The van der Waals surface area contributed by atoms with Crippen LogP contribution in [0, 0.1) is 40.9 Å². The standard InChI is InChI=1S/C16H14N4O3.C12H21NO2.C2H2F3NO.C2H6/c1-3-12-15-11(8-19-16(12)23-5-4-22-2)7-18-9-13(15)14(6-17)20-10-21;1-8(15-4)5-11(14)13-6-9-10(7-13)12(9,2)3;3-2(4,5)1(6)7;1-2/h1,7-10,14H,4-5H2,2H3,(H,20,21);8-10H,5-7H2,1-4H3;(H2,6,7);1-2H3/t;8-,9-,10?;;/m.1../s1. The van der Waals surface area contributed by atoms with Gasteiger partial charge in [0, 0.05) is 62.2 Å². The van der Waals surface area contributed by atoms with Crippen LogP contribution in [0.1, 0.15) is 58.2 Å². The number of piperidine rings is 1. The molecule has 3 heterocycles. The number of alkyl halides is 3. The minimum Gasteiger partial charge on any atom is -0.474 e. The van der Waals surface area contributed by atoms with E-state index in [4.69, 9.17) is 25.4 Å². The molecule has 3 N–H and O–H groups in total. The summed E-state index contributed by atoms with van der Waals surface area (Å²) in [6.07, 6.45) is 6.41. The molecule has 1 saturated heterocycles. The van der Waals surface area contributed by atoms with Crippen LogP contribution in [0.3, 0.4) is 0 Å². The van der Waals surface area contributed by atoms with Crippen molar-refractivity contribution in [2.45, 2.75) is 59.4 Å². The molecule has 0 radical (unpaired) electrons. The van der Waals surface area contributed by atoms with Gasteiger partial charge in [0.2, 0.25) is 18.2 Å². The average molecular weight is 665 g/mol. The maximum Gasteiger partial charge on any atom is 0.470 e. The molecule has 2 aromatic heterocycles. The zero-order valence-corrected chi connectivity index (χ0v) is 27.7. The van der Waals surface area contributed by atoms with Gasteiger partial charge in [-0.15, -0.1) is 6.42 Å². The predicted molar refractivity (Wildman–Crippen MR) is 167 cm³/mol. The number of fused-ring (bicyclic) bond motifs is 2. The molecule has 2 fully saturated rings. The van der Waals surface area contributed by atoms with E-state index in [0.29, 0.717) is 53.4 Å². The summed E-state index contributed by atoms with van der Waals surface area (Å²) in [6.45, 7) is 13.2. The lowest BCUT2D eigenvalue weighted by Crippen LogP contribution is -2.34. The molecule has 0 bridgehead atoms. The van der Waals surface area contributed by atoms with Crippen molar-refractivity contribution >= 4 is 29.0 Å². The SMILES string of the molecule is C#Cc1c(OCCOC)ncc2cncc(C(C#N)NC=O)c12.CC.CO[C@H](C)CC(=O)N1CC2[C@@H](C1)C2(C)C.NC(=O)C(F)(F)F. The first-order valence-electron chi connectivity index (χ1n) is 14.8. The highest BCUT2D eigenvalue weighted by Crippen LogP contribution is 2.62. The minimum absolute atomic E-state index is 0.0439. The van der Waals surface area contributed by atoms with Crippen molar-refractivity contribution in [3.8, 4) is 24.3 Å². The molecule has 4 rings (SSSR count). The zero-order valence-electron chi connectivity index (χ0n) is 27.7. The van der Waals surface area contributed by atoms with Crippen molar-refractivity contribution in [3.63, 3.8) is 0 Å². The third-order valence-electron chi connectivity index (χ3n) is 7.75. The smallest absolute Gasteiger partial charge is 0.470 e. The molecular formula is C32H43F3N6O6. The number of carbonyl (C=O) groups is 3. The number of nitriles is 1. The van der Waals surface area contributed by atoms with Gasteiger partial charge in [-0.3, -0.25) is 19.4 Å². The van der Waals surface area contributed by atoms with Gasteiger partial charge in [0.05, 0.1) is 30.8 Å². The zero-order chi connectivity index (χ0) is 35.9. The molecule has 1 aliphatic heterocycles. The summed E-state index contributed by atoms with van der Waals surface area (Å²) in [4.78, 5) is 41.9.